The third kappa shape index (κ3) is 4.29. The Hall–Kier alpha value is -1.38. The second kappa shape index (κ2) is 7.58. The first-order valence-electron chi connectivity index (χ1n) is 7.25. The van der Waals surface area contributed by atoms with Crippen LogP contribution >= 0.6 is 0 Å². The van der Waals surface area contributed by atoms with Crippen LogP contribution in [0.2, 0.25) is 4.82 Å². The van der Waals surface area contributed by atoms with Gasteiger partial charge in [0.2, 0.25) is 0 Å². The van der Waals surface area contributed by atoms with Gasteiger partial charge in [-0.2, -0.15) is 0 Å². The Morgan fingerprint density at radius 2 is 2.05 bits per heavy atom. The molecule has 3 nitrogen and oxygen atoms in total. The molecule has 0 saturated carbocycles. The first-order chi connectivity index (χ1) is 10.1. The van der Waals surface area contributed by atoms with Crippen LogP contribution in [-0.2, 0) is 16.1 Å². The van der Waals surface area contributed by atoms with Gasteiger partial charge in [-0.3, -0.25) is 0 Å². The average Bonchev–Trinajstić information content (AvgIpc) is 2.46. The molecule has 2 atom stereocenters. The van der Waals surface area contributed by atoms with E-state index >= 15 is 0 Å². The van der Waals surface area contributed by atoms with E-state index in [0.717, 1.165) is 24.0 Å². The summed E-state index contributed by atoms with van der Waals surface area (Å²) in [5, 5.41) is 8.18. The van der Waals surface area contributed by atoms with Crippen molar-refractivity contribution in [3.63, 3.8) is 0 Å². The summed E-state index contributed by atoms with van der Waals surface area (Å²) in [6.45, 7) is 4.38. The summed E-state index contributed by atoms with van der Waals surface area (Å²) < 4.78 is 5.95. The molecule has 0 aromatic heterocycles. The Labute approximate surface area is 132 Å². The van der Waals surface area contributed by atoms with E-state index in [-0.39, 0.29) is 27.5 Å². The number of rotatable bonds is 5. The van der Waals surface area contributed by atoms with E-state index in [1.807, 2.05) is 37.3 Å². The van der Waals surface area contributed by atoms with Crippen molar-refractivity contribution >= 4 is 25.5 Å². The van der Waals surface area contributed by atoms with E-state index in [0.29, 0.717) is 9.43 Å². The van der Waals surface area contributed by atoms with Crippen molar-refractivity contribution in [2.75, 3.05) is 0 Å². The van der Waals surface area contributed by atoms with Crippen molar-refractivity contribution in [3.05, 3.63) is 47.5 Å². The van der Waals surface area contributed by atoms with E-state index in [9.17, 15) is 4.79 Å². The molecule has 1 heterocycles. The number of ether oxygens (including phenoxy) is 1. The van der Waals surface area contributed by atoms with Crippen LogP contribution in [0.1, 0.15) is 32.3 Å². The zero-order chi connectivity index (χ0) is 15.2. The van der Waals surface area contributed by atoms with Crippen molar-refractivity contribution < 1.29 is 9.53 Å². The molecule has 2 rings (SSSR count). The van der Waals surface area contributed by atoms with Crippen LogP contribution in [0, 0.1) is 11.3 Å². The number of carbonyl (C=O) groups excluding carboxylic acids is 1. The molecule has 0 amide bonds. The summed E-state index contributed by atoms with van der Waals surface area (Å²) >= 11 is 0.0754. The molecular formula is C17H21NO2Se. The monoisotopic (exact) mass is 351 g/mol. The Bertz CT molecular complexity index is 539. The number of nitrogens with one attached hydrogen (secondary N) is 1. The molecule has 1 aromatic rings. The maximum atomic E-state index is 12.3. The predicted molar refractivity (Wildman–Crippen MR) is 85.6 cm³/mol. The van der Waals surface area contributed by atoms with Crippen LogP contribution < -0.4 is 0 Å². The number of benzene rings is 1. The summed E-state index contributed by atoms with van der Waals surface area (Å²) in [5.41, 5.74) is 1.95. The molecule has 1 aromatic carbocycles. The predicted octanol–water partition coefficient (Wildman–Crippen LogP) is 3.58. The molecule has 2 unspecified atom stereocenters. The molecule has 21 heavy (non-hydrogen) atoms. The number of carbonyl (C=O) groups is 1. The Morgan fingerprint density at radius 1 is 1.33 bits per heavy atom. The van der Waals surface area contributed by atoms with Gasteiger partial charge in [0.05, 0.1) is 0 Å². The minimum absolute atomic E-state index is 0.0754. The number of hydrogen-bond acceptors (Lipinski definition) is 3. The van der Waals surface area contributed by atoms with Crippen LogP contribution in [0.15, 0.2) is 42.0 Å². The average molecular weight is 350 g/mol. The van der Waals surface area contributed by atoms with E-state index in [2.05, 4.69) is 13.0 Å². The van der Waals surface area contributed by atoms with Gasteiger partial charge in [-0.15, -0.1) is 0 Å². The quantitative estimate of drug-likeness (QED) is 0.501. The Balaban J connectivity index is 1.98. The fourth-order valence-corrected chi connectivity index (χ4v) is 5.29. The van der Waals surface area contributed by atoms with Crippen molar-refractivity contribution in [2.24, 2.45) is 5.92 Å². The van der Waals surface area contributed by atoms with E-state index in [1.165, 1.54) is 0 Å². The molecule has 0 spiro atoms. The van der Waals surface area contributed by atoms with Crippen molar-refractivity contribution in [1.29, 1.82) is 5.41 Å². The van der Waals surface area contributed by atoms with Crippen LogP contribution in [0.4, 0.5) is 0 Å². The summed E-state index contributed by atoms with van der Waals surface area (Å²) in [7, 11) is 0. The van der Waals surface area contributed by atoms with Gasteiger partial charge in [-0.05, 0) is 0 Å². The molecule has 4 heteroatoms. The molecule has 1 N–H and O–H groups in total. The van der Waals surface area contributed by atoms with E-state index in [4.69, 9.17) is 10.1 Å². The van der Waals surface area contributed by atoms with Crippen LogP contribution in [0.3, 0.4) is 0 Å². The zero-order valence-corrected chi connectivity index (χ0v) is 14.2. The fourth-order valence-electron chi connectivity index (χ4n) is 2.39. The van der Waals surface area contributed by atoms with Crippen molar-refractivity contribution in [3.8, 4) is 0 Å². The topological polar surface area (TPSA) is 50.2 Å². The molecule has 0 radical (unpaired) electrons. The molecule has 0 aliphatic carbocycles. The fraction of sp³-hybridized carbons (Fsp3) is 0.412. The van der Waals surface area contributed by atoms with Gasteiger partial charge in [-0.25, -0.2) is 0 Å². The SMILES string of the molecule is CCCC1C=C(C)C(C(=O)OCc2ccccc2)C(=N)[Se]1. The molecule has 0 saturated heterocycles. The van der Waals surface area contributed by atoms with E-state index in [1.54, 1.807) is 0 Å². The zero-order valence-electron chi connectivity index (χ0n) is 12.5. The van der Waals surface area contributed by atoms with Crippen LogP contribution in [-0.4, -0.2) is 25.5 Å². The molecule has 1 aliphatic heterocycles. The van der Waals surface area contributed by atoms with E-state index < -0.39 is 5.92 Å². The van der Waals surface area contributed by atoms with Gasteiger partial charge in [0, 0.05) is 0 Å². The Kier molecular flexibility index (Phi) is 5.77. The van der Waals surface area contributed by atoms with Gasteiger partial charge >= 0.3 is 132 Å². The van der Waals surface area contributed by atoms with Gasteiger partial charge in [0.1, 0.15) is 0 Å². The molecule has 112 valence electrons. The third-order valence-corrected chi connectivity index (χ3v) is 5.92. The molecule has 0 fully saturated rings. The molecule has 0 bridgehead atoms. The second-order valence-electron chi connectivity index (χ2n) is 5.25. The van der Waals surface area contributed by atoms with Crippen LogP contribution in [0.25, 0.3) is 0 Å². The molecular weight excluding hydrogens is 329 g/mol. The number of esters is 1. The third-order valence-electron chi connectivity index (χ3n) is 3.48. The molecule has 1 aliphatic rings. The summed E-state index contributed by atoms with van der Waals surface area (Å²) in [6, 6.07) is 9.66. The van der Waals surface area contributed by atoms with Gasteiger partial charge in [-0.1, -0.05) is 0 Å². The minimum atomic E-state index is -0.457. The maximum absolute atomic E-state index is 12.3. The summed E-state index contributed by atoms with van der Waals surface area (Å²) in [6.07, 6.45) is 4.40. The first kappa shape index (κ1) is 16.0. The second-order valence-corrected chi connectivity index (χ2v) is 7.93. The standard InChI is InChI=1S/C17H21NO2Se/c1-3-7-14-10-12(2)15(16(18)21-14)17(19)20-11-13-8-5-4-6-9-13/h4-6,8-10,14-15,18H,3,7,11H2,1-2H3. The van der Waals surface area contributed by atoms with Crippen molar-refractivity contribution in [1.82, 2.24) is 0 Å². The number of hydrogen-bond donors (Lipinski definition) is 1. The van der Waals surface area contributed by atoms with Gasteiger partial charge < -0.3 is 0 Å². The first-order valence-corrected chi connectivity index (χ1v) is 9.10. The summed E-state index contributed by atoms with van der Waals surface area (Å²) in [5.74, 6) is -0.740. The normalized spacial score (nSPS) is 21.8. The van der Waals surface area contributed by atoms with Crippen molar-refractivity contribution in [2.45, 2.75) is 38.1 Å². The summed E-state index contributed by atoms with van der Waals surface area (Å²) in [4.78, 5) is 12.7. The van der Waals surface area contributed by atoms with Crippen LogP contribution in [0.5, 0.6) is 0 Å². The van der Waals surface area contributed by atoms with Gasteiger partial charge in [0.15, 0.2) is 0 Å². The van der Waals surface area contributed by atoms with Gasteiger partial charge in [0.25, 0.3) is 0 Å². The number of allylic oxidation sites excluding steroid dienone is 1. The Morgan fingerprint density at radius 3 is 2.67 bits per heavy atom.